The van der Waals surface area contributed by atoms with Gasteiger partial charge in [0.15, 0.2) is 0 Å². The molecule has 1 amide bonds. The van der Waals surface area contributed by atoms with Gasteiger partial charge in [0.25, 0.3) is 5.91 Å². The van der Waals surface area contributed by atoms with E-state index in [9.17, 15) is 9.18 Å². The number of amides is 1. The molecule has 0 radical (unpaired) electrons. The lowest BCUT2D eigenvalue weighted by molar-refractivity contribution is 0.102. The summed E-state index contributed by atoms with van der Waals surface area (Å²) >= 11 is 0. The van der Waals surface area contributed by atoms with Gasteiger partial charge >= 0.3 is 0 Å². The van der Waals surface area contributed by atoms with Crippen LogP contribution in [0.2, 0.25) is 0 Å². The van der Waals surface area contributed by atoms with Crippen LogP contribution in [-0.4, -0.2) is 35.1 Å². The molecule has 3 rings (SSSR count). The molecule has 1 atom stereocenters. The standard InChI is InChI=1S/C16H17FN4O2/c17-13-8-11(21-16(22)15-10-18-5-6-19-15)3-4-14(13)20-9-12-2-1-7-23-12/h3-6,8,10,12,20H,1-2,7,9H2,(H,21,22)/t12-/m0/s1. The highest BCUT2D eigenvalue weighted by molar-refractivity contribution is 6.02. The van der Waals surface area contributed by atoms with Crippen LogP contribution in [0.3, 0.4) is 0 Å². The number of anilines is 2. The summed E-state index contributed by atoms with van der Waals surface area (Å²) < 4.78 is 19.6. The number of carbonyl (C=O) groups is 1. The van der Waals surface area contributed by atoms with E-state index in [-0.39, 0.29) is 11.8 Å². The van der Waals surface area contributed by atoms with Crippen molar-refractivity contribution in [1.82, 2.24) is 9.97 Å². The molecular weight excluding hydrogens is 299 g/mol. The number of carbonyl (C=O) groups excluding carboxylic acids is 1. The number of aromatic nitrogens is 2. The number of hydrogen-bond donors (Lipinski definition) is 2. The Labute approximate surface area is 133 Å². The van der Waals surface area contributed by atoms with Crippen LogP contribution >= 0.6 is 0 Å². The Bertz CT molecular complexity index is 675. The van der Waals surface area contributed by atoms with Gasteiger partial charge in [0.05, 0.1) is 18.0 Å². The molecule has 7 heteroatoms. The zero-order valence-electron chi connectivity index (χ0n) is 12.5. The Morgan fingerprint density at radius 3 is 3.00 bits per heavy atom. The van der Waals surface area contributed by atoms with Gasteiger partial charge in [-0.05, 0) is 31.0 Å². The zero-order valence-corrected chi connectivity index (χ0v) is 12.5. The SMILES string of the molecule is O=C(Nc1ccc(NC[C@@H]2CCCO2)c(F)c1)c1cnccn1. The van der Waals surface area contributed by atoms with Crippen LogP contribution < -0.4 is 10.6 Å². The van der Waals surface area contributed by atoms with E-state index in [1.165, 1.54) is 24.7 Å². The van der Waals surface area contributed by atoms with E-state index in [1.807, 2.05) is 0 Å². The molecule has 0 aliphatic carbocycles. The van der Waals surface area contributed by atoms with Gasteiger partial charge in [-0.25, -0.2) is 9.37 Å². The molecule has 0 saturated carbocycles. The van der Waals surface area contributed by atoms with E-state index in [0.29, 0.717) is 17.9 Å². The highest BCUT2D eigenvalue weighted by Gasteiger charge is 2.16. The van der Waals surface area contributed by atoms with Crippen molar-refractivity contribution in [2.75, 3.05) is 23.8 Å². The van der Waals surface area contributed by atoms with Crippen LogP contribution in [0.1, 0.15) is 23.3 Å². The molecule has 2 heterocycles. The van der Waals surface area contributed by atoms with E-state index in [0.717, 1.165) is 19.4 Å². The maximum Gasteiger partial charge on any atom is 0.275 e. The summed E-state index contributed by atoms with van der Waals surface area (Å²) in [5.74, 6) is -0.863. The third-order valence-corrected chi connectivity index (χ3v) is 3.57. The second-order valence-corrected chi connectivity index (χ2v) is 5.26. The van der Waals surface area contributed by atoms with Gasteiger partial charge in [0, 0.05) is 31.2 Å². The summed E-state index contributed by atoms with van der Waals surface area (Å²) in [6, 6.07) is 4.50. The van der Waals surface area contributed by atoms with Crippen LogP contribution in [0.25, 0.3) is 0 Å². The Hall–Kier alpha value is -2.54. The molecule has 6 nitrogen and oxygen atoms in total. The molecule has 1 aliphatic rings. The Morgan fingerprint density at radius 1 is 1.39 bits per heavy atom. The molecule has 1 aliphatic heterocycles. The van der Waals surface area contributed by atoms with Crippen LogP contribution in [0.15, 0.2) is 36.8 Å². The lowest BCUT2D eigenvalue weighted by atomic mass is 10.2. The van der Waals surface area contributed by atoms with Crippen LogP contribution in [-0.2, 0) is 4.74 Å². The van der Waals surface area contributed by atoms with Gasteiger partial charge in [0.1, 0.15) is 11.5 Å². The van der Waals surface area contributed by atoms with Gasteiger partial charge < -0.3 is 15.4 Å². The molecule has 120 valence electrons. The minimum Gasteiger partial charge on any atom is -0.380 e. The molecular formula is C16H17FN4O2. The molecule has 0 spiro atoms. The maximum absolute atomic E-state index is 14.1. The molecule has 0 unspecified atom stereocenters. The van der Waals surface area contributed by atoms with Crippen LogP contribution in [0.4, 0.5) is 15.8 Å². The maximum atomic E-state index is 14.1. The molecule has 2 aromatic rings. The average Bonchev–Trinajstić information content (AvgIpc) is 3.08. The first kappa shape index (κ1) is 15.4. The fourth-order valence-corrected chi connectivity index (χ4v) is 2.38. The minimum absolute atomic E-state index is 0.130. The Balaban J connectivity index is 1.61. The number of ether oxygens (including phenoxy) is 1. The average molecular weight is 316 g/mol. The highest BCUT2D eigenvalue weighted by Crippen LogP contribution is 2.20. The molecule has 1 saturated heterocycles. The number of halogens is 1. The van der Waals surface area contributed by atoms with Crippen LogP contribution in [0, 0.1) is 5.82 Å². The summed E-state index contributed by atoms with van der Waals surface area (Å²) in [7, 11) is 0. The monoisotopic (exact) mass is 316 g/mol. The lowest BCUT2D eigenvalue weighted by Gasteiger charge is -2.13. The van der Waals surface area contributed by atoms with E-state index in [4.69, 9.17) is 4.74 Å². The predicted octanol–water partition coefficient (Wildman–Crippen LogP) is 2.46. The Morgan fingerprint density at radius 2 is 2.30 bits per heavy atom. The zero-order chi connectivity index (χ0) is 16.1. The second kappa shape index (κ2) is 7.15. The first-order valence-corrected chi connectivity index (χ1v) is 7.45. The van der Waals surface area contributed by atoms with Crippen molar-refractivity contribution in [2.45, 2.75) is 18.9 Å². The smallest absolute Gasteiger partial charge is 0.275 e. The van der Waals surface area contributed by atoms with Gasteiger partial charge in [0.2, 0.25) is 0 Å². The number of nitrogens with one attached hydrogen (secondary N) is 2. The van der Waals surface area contributed by atoms with Crippen molar-refractivity contribution in [1.29, 1.82) is 0 Å². The summed E-state index contributed by atoms with van der Waals surface area (Å²) in [5.41, 5.74) is 0.923. The molecule has 0 bridgehead atoms. The molecule has 1 fully saturated rings. The summed E-state index contributed by atoms with van der Waals surface area (Å²) in [6.45, 7) is 1.34. The van der Waals surface area contributed by atoms with Crippen LogP contribution in [0.5, 0.6) is 0 Å². The predicted molar refractivity (Wildman–Crippen MR) is 83.8 cm³/mol. The van der Waals surface area contributed by atoms with Gasteiger partial charge in [-0.15, -0.1) is 0 Å². The fourth-order valence-electron chi connectivity index (χ4n) is 2.38. The number of rotatable bonds is 5. The van der Waals surface area contributed by atoms with Crippen molar-refractivity contribution in [3.8, 4) is 0 Å². The number of benzene rings is 1. The molecule has 1 aromatic heterocycles. The molecule has 1 aromatic carbocycles. The van der Waals surface area contributed by atoms with E-state index in [2.05, 4.69) is 20.6 Å². The summed E-state index contributed by atoms with van der Waals surface area (Å²) in [6.07, 6.45) is 6.41. The van der Waals surface area contributed by atoms with Gasteiger partial charge in [-0.2, -0.15) is 0 Å². The normalized spacial score (nSPS) is 17.0. The van der Waals surface area contributed by atoms with Crippen molar-refractivity contribution in [2.24, 2.45) is 0 Å². The van der Waals surface area contributed by atoms with Crippen molar-refractivity contribution in [3.05, 3.63) is 48.3 Å². The van der Waals surface area contributed by atoms with Crippen molar-refractivity contribution >= 4 is 17.3 Å². The van der Waals surface area contributed by atoms with E-state index < -0.39 is 11.7 Å². The van der Waals surface area contributed by atoms with Crippen molar-refractivity contribution in [3.63, 3.8) is 0 Å². The quantitative estimate of drug-likeness (QED) is 0.886. The largest absolute Gasteiger partial charge is 0.380 e. The minimum atomic E-state index is -0.433. The van der Waals surface area contributed by atoms with E-state index >= 15 is 0 Å². The third kappa shape index (κ3) is 4.01. The van der Waals surface area contributed by atoms with Gasteiger partial charge in [-0.1, -0.05) is 0 Å². The first-order valence-electron chi connectivity index (χ1n) is 7.45. The molecule has 23 heavy (non-hydrogen) atoms. The third-order valence-electron chi connectivity index (χ3n) is 3.57. The second-order valence-electron chi connectivity index (χ2n) is 5.26. The summed E-state index contributed by atoms with van der Waals surface area (Å²) in [4.78, 5) is 19.7. The lowest BCUT2D eigenvalue weighted by Crippen LogP contribution is -2.19. The topological polar surface area (TPSA) is 76.1 Å². The molecule has 2 N–H and O–H groups in total. The van der Waals surface area contributed by atoms with Gasteiger partial charge in [-0.3, -0.25) is 9.78 Å². The van der Waals surface area contributed by atoms with Crippen molar-refractivity contribution < 1.29 is 13.9 Å². The summed E-state index contributed by atoms with van der Waals surface area (Å²) in [5, 5.41) is 5.62. The first-order chi connectivity index (χ1) is 11.2. The highest BCUT2D eigenvalue weighted by atomic mass is 19.1. The fraction of sp³-hybridized carbons (Fsp3) is 0.312. The Kier molecular flexibility index (Phi) is 4.77. The number of nitrogens with zero attached hydrogens (tertiary/aromatic N) is 2. The number of hydrogen-bond acceptors (Lipinski definition) is 5. The van der Waals surface area contributed by atoms with E-state index in [1.54, 1.807) is 12.1 Å².